The van der Waals surface area contributed by atoms with Crippen LogP contribution in [0.2, 0.25) is 0 Å². The van der Waals surface area contributed by atoms with E-state index in [9.17, 15) is 9.59 Å². The normalized spacial score (nSPS) is 11.9. The summed E-state index contributed by atoms with van der Waals surface area (Å²) in [5.74, 6) is -1.58. The van der Waals surface area contributed by atoms with E-state index >= 15 is 0 Å². The molecule has 1 unspecified atom stereocenters. The Labute approximate surface area is 134 Å². The number of aliphatic carboxylic acids is 1. The number of aryl methyl sites for hydroxylation is 1. The van der Waals surface area contributed by atoms with Crippen molar-refractivity contribution in [3.63, 3.8) is 0 Å². The summed E-state index contributed by atoms with van der Waals surface area (Å²) in [5, 5.41) is 19.4. The Morgan fingerprint density at radius 1 is 1.30 bits per heavy atom. The summed E-state index contributed by atoms with van der Waals surface area (Å²) >= 11 is 0. The molecule has 0 spiro atoms. The first-order valence-corrected chi connectivity index (χ1v) is 7.54. The van der Waals surface area contributed by atoms with Crippen LogP contribution >= 0.6 is 0 Å². The molecule has 0 saturated carbocycles. The maximum atomic E-state index is 12.1. The molecule has 0 aliphatic heterocycles. The van der Waals surface area contributed by atoms with Gasteiger partial charge in [-0.1, -0.05) is 42.7 Å². The van der Waals surface area contributed by atoms with Crippen LogP contribution in [0.3, 0.4) is 0 Å². The molecular formula is C16H20N4O3. The molecule has 0 bridgehead atoms. The Morgan fingerprint density at radius 3 is 2.61 bits per heavy atom. The summed E-state index contributed by atoms with van der Waals surface area (Å²) in [6.07, 6.45) is 3.47. The lowest BCUT2D eigenvalue weighted by Gasteiger charge is -2.12. The quantitative estimate of drug-likeness (QED) is 0.813. The number of rotatable bonds is 7. The number of aromatic nitrogens is 3. The molecule has 122 valence electrons. The predicted octanol–water partition coefficient (Wildman–Crippen LogP) is 1.95. The van der Waals surface area contributed by atoms with Crippen molar-refractivity contribution >= 4 is 11.9 Å². The number of nitrogens with one attached hydrogen (secondary N) is 1. The van der Waals surface area contributed by atoms with E-state index in [1.54, 1.807) is 0 Å². The zero-order valence-corrected chi connectivity index (χ0v) is 13.2. The molecule has 2 aromatic rings. The Hall–Kier alpha value is -2.70. The number of unbranched alkanes of at least 4 members (excludes halogenated alkanes) is 1. The van der Waals surface area contributed by atoms with Gasteiger partial charge in [-0.3, -0.25) is 4.79 Å². The summed E-state index contributed by atoms with van der Waals surface area (Å²) in [7, 11) is 0. The number of carboxylic acids is 1. The molecule has 0 fully saturated rings. The maximum Gasteiger partial charge on any atom is 0.326 e. The summed E-state index contributed by atoms with van der Waals surface area (Å²) in [5.41, 5.74) is 1.99. The summed E-state index contributed by atoms with van der Waals surface area (Å²) in [6, 6.07) is 6.69. The molecule has 0 saturated heterocycles. The van der Waals surface area contributed by atoms with Crippen molar-refractivity contribution in [2.75, 3.05) is 0 Å². The molecule has 23 heavy (non-hydrogen) atoms. The molecule has 1 atom stereocenters. The number of nitrogens with zero attached hydrogens (tertiary/aromatic N) is 3. The highest BCUT2D eigenvalue weighted by molar-refractivity contribution is 5.94. The minimum atomic E-state index is -1.04. The molecule has 2 N–H and O–H groups in total. The lowest BCUT2D eigenvalue weighted by atomic mass is 10.1. The van der Waals surface area contributed by atoms with Crippen LogP contribution < -0.4 is 5.32 Å². The average molecular weight is 316 g/mol. The van der Waals surface area contributed by atoms with Crippen molar-refractivity contribution in [3.05, 3.63) is 41.7 Å². The molecule has 0 radical (unpaired) electrons. The van der Waals surface area contributed by atoms with Crippen molar-refractivity contribution in [1.29, 1.82) is 0 Å². The van der Waals surface area contributed by atoms with E-state index in [1.165, 1.54) is 10.9 Å². The number of carbonyl (C=O) groups excluding carboxylic acids is 1. The van der Waals surface area contributed by atoms with Crippen molar-refractivity contribution in [2.24, 2.45) is 0 Å². The van der Waals surface area contributed by atoms with Crippen LogP contribution in [-0.4, -0.2) is 38.0 Å². The first-order valence-electron chi connectivity index (χ1n) is 7.54. The fourth-order valence-electron chi connectivity index (χ4n) is 2.09. The molecule has 0 aliphatic carbocycles. The Balaban J connectivity index is 2.08. The Bertz CT molecular complexity index is 679. The fourth-order valence-corrected chi connectivity index (χ4v) is 2.09. The Morgan fingerprint density at radius 2 is 2.00 bits per heavy atom. The number of benzene rings is 1. The molecule has 1 aromatic carbocycles. The number of hydrogen-bond donors (Lipinski definition) is 2. The molecule has 0 aliphatic rings. The third-order valence-corrected chi connectivity index (χ3v) is 3.47. The van der Waals surface area contributed by atoms with Crippen LogP contribution in [0.4, 0.5) is 0 Å². The summed E-state index contributed by atoms with van der Waals surface area (Å²) in [6.45, 7) is 3.94. The lowest BCUT2D eigenvalue weighted by molar-refractivity contribution is -0.139. The van der Waals surface area contributed by atoms with Gasteiger partial charge < -0.3 is 10.4 Å². The second kappa shape index (κ2) is 7.53. The van der Waals surface area contributed by atoms with Gasteiger partial charge in [0.05, 0.1) is 11.9 Å². The third kappa shape index (κ3) is 4.38. The van der Waals surface area contributed by atoms with Gasteiger partial charge in [-0.05, 0) is 25.5 Å². The van der Waals surface area contributed by atoms with Crippen molar-refractivity contribution in [2.45, 2.75) is 39.2 Å². The Kier molecular flexibility index (Phi) is 5.46. The SMILES string of the molecule is CCCCC(NC(=O)c1cn(-c2ccc(C)cc2)nn1)C(=O)O. The van der Waals surface area contributed by atoms with E-state index in [2.05, 4.69) is 15.6 Å². The van der Waals surface area contributed by atoms with E-state index in [0.717, 1.165) is 24.1 Å². The van der Waals surface area contributed by atoms with Gasteiger partial charge in [0.25, 0.3) is 5.91 Å². The number of carbonyl (C=O) groups is 2. The number of amides is 1. The molecule has 1 amide bonds. The van der Waals surface area contributed by atoms with Gasteiger partial charge in [0, 0.05) is 0 Å². The highest BCUT2D eigenvalue weighted by atomic mass is 16.4. The molecule has 1 heterocycles. The fraction of sp³-hybridized carbons (Fsp3) is 0.375. The van der Waals surface area contributed by atoms with E-state index in [0.29, 0.717) is 6.42 Å². The van der Waals surface area contributed by atoms with Crippen LogP contribution in [-0.2, 0) is 4.79 Å². The maximum absolute atomic E-state index is 12.1. The van der Waals surface area contributed by atoms with E-state index < -0.39 is 17.9 Å². The minimum Gasteiger partial charge on any atom is -0.480 e. The van der Waals surface area contributed by atoms with E-state index in [1.807, 2.05) is 38.1 Å². The van der Waals surface area contributed by atoms with Gasteiger partial charge in [-0.15, -0.1) is 5.10 Å². The molecule has 7 heteroatoms. The van der Waals surface area contributed by atoms with Gasteiger partial charge in [0.2, 0.25) is 0 Å². The minimum absolute atomic E-state index is 0.0910. The van der Waals surface area contributed by atoms with Gasteiger partial charge in [0.1, 0.15) is 6.04 Å². The molecular weight excluding hydrogens is 296 g/mol. The summed E-state index contributed by atoms with van der Waals surface area (Å²) < 4.78 is 1.48. The zero-order chi connectivity index (χ0) is 16.8. The monoisotopic (exact) mass is 316 g/mol. The van der Waals surface area contributed by atoms with Crippen molar-refractivity contribution < 1.29 is 14.7 Å². The van der Waals surface area contributed by atoms with Crippen LogP contribution in [0.15, 0.2) is 30.5 Å². The van der Waals surface area contributed by atoms with Crippen LogP contribution in [0.25, 0.3) is 5.69 Å². The summed E-state index contributed by atoms with van der Waals surface area (Å²) in [4.78, 5) is 23.3. The highest BCUT2D eigenvalue weighted by Crippen LogP contribution is 2.09. The highest BCUT2D eigenvalue weighted by Gasteiger charge is 2.21. The van der Waals surface area contributed by atoms with Crippen LogP contribution in [0.5, 0.6) is 0 Å². The van der Waals surface area contributed by atoms with Crippen LogP contribution in [0.1, 0.15) is 42.2 Å². The van der Waals surface area contributed by atoms with E-state index in [-0.39, 0.29) is 5.69 Å². The first kappa shape index (κ1) is 16.7. The largest absolute Gasteiger partial charge is 0.480 e. The van der Waals surface area contributed by atoms with E-state index in [4.69, 9.17) is 5.11 Å². The molecule has 7 nitrogen and oxygen atoms in total. The smallest absolute Gasteiger partial charge is 0.326 e. The van der Waals surface area contributed by atoms with Crippen molar-refractivity contribution in [3.8, 4) is 5.69 Å². The zero-order valence-electron chi connectivity index (χ0n) is 13.2. The van der Waals surface area contributed by atoms with Crippen LogP contribution in [0, 0.1) is 6.92 Å². The topological polar surface area (TPSA) is 97.1 Å². The lowest BCUT2D eigenvalue weighted by Crippen LogP contribution is -2.40. The third-order valence-electron chi connectivity index (χ3n) is 3.47. The molecule has 1 aromatic heterocycles. The number of carboxylic acid groups (broad SMARTS) is 1. The van der Waals surface area contributed by atoms with Crippen molar-refractivity contribution in [1.82, 2.24) is 20.3 Å². The second-order valence-corrected chi connectivity index (χ2v) is 5.39. The first-order chi connectivity index (χ1) is 11.0. The standard InChI is InChI=1S/C16H20N4O3/c1-3-4-5-13(16(22)23)17-15(21)14-10-20(19-18-14)12-8-6-11(2)7-9-12/h6-10,13H,3-5H2,1-2H3,(H,17,21)(H,22,23). The predicted molar refractivity (Wildman–Crippen MR) is 84.5 cm³/mol. The average Bonchev–Trinajstić information content (AvgIpc) is 3.01. The van der Waals surface area contributed by atoms with Gasteiger partial charge >= 0.3 is 5.97 Å². The number of hydrogen-bond acceptors (Lipinski definition) is 4. The van der Waals surface area contributed by atoms with Gasteiger partial charge in [-0.25, -0.2) is 9.48 Å². The van der Waals surface area contributed by atoms with Gasteiger partial charge in [-0.2, -0.15) is 0 Å². The van der Waals surface area contributed by atoms with Gasteiger partial charge in [0.15, 0.2) is 5.69 Å². The molecule has 2 rings (SSSR count). The second-order valence-electron chi connectivity index (χ2n) is 5.39.